The lowest BCUT2D eigenvalue weighted by atomic mass is 10.3. The van der Waals surface area contributed by atoms with E-state index in [4.69, 9.17) is 95.1 Å². The van der Waals surface area contributed by atoms with Crippen LogP contribution in [-0.4, -0.2) is 248 Å². The predicted octanol–water partition coefficient (Wildman–Crippen LogP) is 1.46. The summed E-state index contributed by atoms with van der Waals surface area (Å²) in [7, 11) is -4.45. The van der Waals surface area contributed by atoms with E-state index in [-0.39, 0.29) is 19.8 Å². The number of hydrogen-bond acceptors (Lipinski definition) is 20. The van der Waals surface area contributed by atoms with E-state index in [9.17, 15) is 4.57 Å². The highest BCUT2D eigenvalue weighted by Crippen LogP contribution is 2.35. The van der Waals surface area contributed by atoms with Gasteiger partial charge in [-0.1, -0.05) is 18.2 Å². The van der Waals surface area contributed by atoms with Gasteiger partial charge >= 0.3 is 7.82 Å². The summed E-state index contributed by atoms with van der Waals surface area (Å²) in [6, 6.07) is 9.65. The lowest BCUT2D eigenvalue weighted by molar-refractivity contribution is -0.0308. The summed E-state index contributed by atoms with van der Waals surface area (Å²) in [4.78, 5) is 17.1. The molecular weight excluding hydrogens is 887 g/mol. The molecule has 0 aliphatic carbocycles. The SMILES string of the molecule is O=P(O)(O)OCCOCCOCCOCCOCCOCCOCCOCCOCCOCCOCCOCCOCCOCCOCCOCCOCCOCCOc1ccccc1. The first-order valence-electron chi connectivity index (χ1n) is 22.3. The number of benzene rings is 1. The number of rotatable bonds is 56. The molecule has 0 heterocycles. The smallest absolute Gasteiger partial charge is 0.469 e. The molecule has 0 aromatic heterocycles. The Kier molecular flexibility index (Phi) is 49.0. The number of hydrogen-bond donors (Lipinski definition) is 2. The quantitative estimate of drug-likeness (QED) is 0.0695. The maximum atomic E-state index is 10.5. The van der Waals surface area contributed by atoms with Crippen LogP contribution in [0.1, 0.15) is 0 Å². The molecule has 0 aliphatic rings. The van der Waals surface area contributed by atoms with Crippen LogP contribution in [0.25, 0.3) is 0 Å². The van der Waals surface area contributed by atoms with Crippen molar-refractivity contribution in [1.82, 2.24) is 0 Å². The van der Waals surface area contributed by atoms with E-state index in [1.54, 1.807) is 0 Å². The third-order valence-corrected chi connectivity index (χ3v) is 8.20. The Morgan fingerprint density at radius 2 is 0.431 bits per heavy atom. The Balaban J connectivity index is 1.59. The first-order valence-corrected chi connectivity index (χ1v) is 23.8. The lowest BCUT2D eigenvalue weighted by Crippen LogP contribution is -2.16. The summed E-state index contributed by atoms with van der Waals surface area (Å²) in [6.07, 6.45) is 0. The van der Waals surface area contributed by atoms with Crippen LogP contribution in [0.4, 0.5) is 0 Å². The summed E-state index contributed by atoms with van der Waals surface area (Å²) in [5.74, 6) is 0.836. The average molecular weight is 967 g/mol. The minimum Gasteiger partial charge on any atom is -0.491 e. The monoisotopic (exact) mass is 966 g/mol. The molecule has 384 valence electrons. The van der Waals surface area contributed by atoms with Crippen LogP contribution < -0.4 is 4.74 Å². The Morgan fingerprint density at radius 3 is 0.615 bits per heavy atom. The average Bonchev–Trinajstić information content (AvgIpc) is 3.30. The summed E-state index contributed by atoms with van der Waals surface area (Å²) in [5.41, 5.74) is 0. The maximum Gasteiger partial charge on any atom is 0.469 e. The van der Waals surface area contributed by atoms with E-state index in [1.165, 1.54) is 0 Å². The number of phosphoric ester groups is 1. The van der Waals surface area contributed by atoms with Gasteiger partial charge in [0, 0.05) is 0 Å². The Labute approximate surface area is 385 Å². The molecule has 0 atom stereocenters. The zero-order valence-corrected chi connectivity index (χ0v) is 39.2. The molecule has 1 aromatic carbocycles. The standard InChI is InChI=1S/C42H79O22P/c43-65(44,45)64-41-39-62-37-35-60-33-31-58-29-27-56-25-23-54-21-19-52-17-15-50-13-11-48-9-7-46-6-8-47-10-12-49-14-16-51-18-20-53-22-24-55-26-28-57-30-32-59-34-36-61-38-40-63-42-4-2-1-3-5-42/h1-5H,6-41H2,(H2,43,44,45). The molecule has 0 bridgehead atoms. The van der Waals surface area contributed by atoms with Gasteiger partial charge in [-0.05, 0) is 12.1 Å². The van der Waals surface area contributed by atoms with Gasteiger partial charge in [0.2, 0.25) is 0 Å². The third-order valence-electron chi connectivity index (χ3n) is 7.68. The molecule has 1 rings (SSSR count). The molecule has 0 radical (unpaired) electrons. The van der Waals surface area contributed by atoms with Gasteiger partial charge in [0.1, 0.15) is 12.4 Å². The van der Waals surface area contributed by atoms with Gasteiger partial charge in [0.25, 0.3) is 0 Å². The lowest BCUT2D eigenvalue weighted by Gasteiger charge is -2.09. The fourth-order valence-corrected chi connectivity index (χ4v) is 4.88. The summed E-state index contributed by atoms with van der Waals surface area (Å²) in [6.45, 7) is 15.9. The van der Waals surface area contributed by atoms with E-state index in [0.29, 0.717) is 218 Å². The van der Waals surface area contributed by atoms with Gasteiger partial charge in [0.05, 0.1) is 231 Å². The van der Waals surface area contributed by atoms with Crippen molar-refractivity contribution in [3.8, 4) is 5.75 Å². The van der Waals surface area contributed by atoms with E-state index in [1.807, 2.05) is 30.3 Å². The van der Waals surface area contributed by atoms with E-state index in [2.05, 4.69) is 4.52 Å². The second-order valence-electron chi connectivity index (χ2n) is 12.9. The Bertz CT molecular complexity index is 1100. The molecule has 0 fully saturated rings. The van der Waals surface area contributed by atoms with Crippen molar-refractivity contribution in [3.63, 3.8) is 0 Å². The molecule has 0 unspecified atom stereocenters. The van der Waals surface area contributed by atoms with Gasteiger partial charge in [-0.15, -0.1) is 0 Å². The molecule has 0 amide bonds. The van der Waals surface area contributed by atoms with Crippen LogP contribution in [0.15, 0.2) is 30.3 Å². The van der Waals surface area contributed by atoms with E-state index in [0.717, 1.165) is 5.75 Å². The molecule has 0 saturated heterocycles. The van der Waals surface area contributed by atoms with Crippen LogP contribution in [0.3, 0.4) is 0 Å². The highest BCUT2D eigenvalue weighted by Gasteiger charge is 2.12. The highest BCUT2D eigenvalue weighted by molar-refractivity contribution is 7.46. The molecular formula is C42H79O22P. The largest absolute Gasteiger partial charge is 0.491 e. The molecule has 23 heteroatoms. The van der Waals surface area contributed by atoms with Crippen molar-refractivity contribution in [1.29, 1.82) is 0 Å². The van der Waals surface area contributed by atoms with Crippen LogP contribution in [0.5, 0.6) is 5.75 Å². The molecule has 0 spiro atoms. The Morgan fingerprint density at radius 1 is 0.262 bits per heavy atom. The van der Waals surface area contributed by atoms with Gasteiger partial charge < -0.3 is 95.1 Å². The number of para-hydroxylation sites is 1. The molecule has 1 aromatic rings. The van der Waals surface area contributed by atoms with E-state index < -0.39 is 7.82 Å². The first kappa shape index (κ1) is 61.5. The minimum atomic E-state index is -4.45. The zero-order chi connectivity index (χ0) is 46.5. The Hall–Kier alpha value is -1.55. The fraction of sp³-hybridized carbons (Fsp3) is 0.857. The zero-order valence-electron chi connectivity index (χ0n) is 38.3. The van der Waals surface area contributed by atoms with Crippen molar-refractivity contribution in [2.75, 3.05) is 238 Å². The second kappa shape index (κ2) is 51.8. The van der Waals surface area contributed by atoms with Crippen molar-refractivity contribution in [2.24, 2.45) is 0 Å². The third kappa shape index (κ3) is 53.3. The second-order valence-corrected chi connectivity index (χ2v) is 14.1. The topological polar surface area (TPSA) is 233 Å². The predicted molar refractivity (Wildman–Crippen MR) is 234 cm³/mol. The maximum absolute atomic E-state index is 10.5. The molecule has 22 nitrogen and oxygen atoms in total. The number of ether oxygens (including phenoxy) is 18. The van der Waals surface area contributed by atoms with Crippen molar-refractivity contribution < 1.29 is 104 Å². The van der Waals surface area contributed by atoms with Crippen molar-refractivity contribution >= 4 is 7.82 Å². The molecule has 2 N–H and O–H groups in total. The summed E-state index contributed by atoms with van der Waals surface area (Å²) < 4.78 is 113. The normalized spacial score (nSPS) is 11.8. The van der Waals surface area contributed by atoms with Crippen LogP contribution in [-0.2, 0) is 89.6 Å². The van der Waals surface area contributed by atoms with Gasteiger partial charge in [-0.3, -0.25) is 4.52 Å². The van der Waals surface area contributed by atoms with Gasteiger partial charge in [0.15, 0.2) is 0 Å². The minimum absolute atomic E-state index is 0.0717. The van der Waals surface area contributed by atoms with Crippen LogP contribution in [0.2, 0.25) is 0 Å². The summed E-state index contributed by atoms with van der Waals surface area (Å²) >= 11 is 0. The van der Waals surface area contributed by atoms with Crippen molar-refractivity contribution in [3.05, 3.63) is 30.3 Å². The van der Waals surface area contributed by atoms with Crippen LogP contribution >= 0.6 is 7.82 Å². The first-order chi connectivity index (χ1) is 32.1. The van der Waals surface area contributed by atoms with Crippen molar-refractivity contribution in [2.45, 2.75) is 0 Å². The molecule has 65 heavy (non-hydrogen) atoms. The van der Waals surface area contributed by atoms with Gasteiger partial charge in [-0.2, -0.15) is 0 Å². The fourth-order valence-electron chi connectivity index (χ4n) is 4.57. The molecule has 0 saturated carbocycles. The van der Waals surface area contributed by atoms with E-state index >= 15 is 0 Å². The summed E-state index contributed by atoms with van der Waals surface area (Å²) in [5, 5.41) is 0. The molecule has 0 aliphatic heterocycles. The number of phosphoric acid groups is 1. The van der Waals surface area contributed by atoms with Crippen LogP contribution in [0, 0.1) is 0 Å². The highest BCUT2D eigenvalue weighted by atomic mass is 31.2. The van der Waals surface area contributed by atoms with Gasteiger partial charge in [-0.25, -0.2) is 4.57 Å².